The van der Waals surface area contributed by atoms with Crippen LogP contribution in [-0.2, 0) is 0 Å². The molecule has 0 saturated carbocycles. The average Bonchev–Trinajstić information content (AvgIpc) is 2.47. The van der Waals surface area contributed by atoms with Crippen LogP contribution in [0.4, 0.5) is 5.82 Å². The first-order valence-electron chi connectivity index (χ1n) is 6.50. The number of aromatic nitrogens is 2. The van der Waals surface area contributed by atoms with Crippen molar-refractivity contribution in [3.8, 4) is 17.4 Å². The Bertz CT molecular complexity index is 585. The molecule has 2 rings (SSSR count). The van der Waals surface area contributed by atoms with Crippen LogP contribution in [-0.4, -0.2) is 24.1 Å². The molecule has 1 aromatic heterocycles. The van der Waals surface area contributed by atoms with Gasteiger partial charge in [-0.05, 0) is 18.1 Å². The maximum Gasteiger partial charge on any atom is 0.228 e. The van der Waals surface area contributed by atoms with Crippen molar-refractivity contribution in [1.82, 2.24) is 9.97 Å². The van der Waals surface area contributed by atoms with Crippen LogP contribution in [0.15, 0.2) is 30.6 Å². The average molecular weight is 273 g/mol. The third-order valence-electron chi connectivity index (χ3n) is 2.94. The number of rotatable bonds is 5. The summed E-state index contributed by atoms with van der Waals surface area (Å²) in [7, 11) is 3.45. The van der Waals surface area contributed by atoms with E-state index in [4.69, 9.17) is 9.47 Å². The third kappa shape index (κ3) is 2.82. The van der Waals surface area contributed by atoms with Crippen LogP contribution in [0.2, 0.25) is 0 Å². The first-order valence-corrected chi connectivity index (χ1v) is 6.50. The zero-order chi connectivity index (χ0) is 14.5. The number of hydrogen-bond acceptors (Lipinski definition) is 5. The molecule has 0 spiro atoms. The molecule has 0 aliphatic rings. The van der Waals surface area contributed by atoms with Crippen LogP contribution in [0, 0.1) is 0 Å². The molecule has 0 bridgehead atoms. The lowest BCUT2D eigenvalue weighted by Gasteiger charge is -2.16. The highest BCUT2D eigenvalue weighted by Crippen LogP contribution is 2.36. The SMILES string of the molecule is CNc1ncnc(Oc2ccccc2OC)c1C(C)C. The Balaban J connectivity index is 2.43. The molecule has 2 aromatic rings. The predicted molar refractivity (Wildman–Crippen MR) is 78.7 cm³/mol. The smallest absolute Gasteiger partial charge is 0.228 e. The minimum absolute atomic E-state index is 0.239. The van der Waals surface area contributed by atoms with Crippen LogP contribution < -0.4 is 14.8 Å². The first kappa shape index (κ1) is 14.1. The summed E-state index contributed by atoms with van der Waals surface area (Å²) >= 11 is 0. The van der Waals surface area contributed by atoms with E-state index in [-0.39, 0.29) is 5.92 Å². The summed E-state index contributed by atoms with van der Waals surface area (Å²) < 4.78 is 11.2. The second kappa shape index (κ2) is 6.23. The minimum atomic E-state index is 0.239. The summed E-state index contributed by atoms with van der Waals surface area (Å²) in [5, 5.41) is 3.07. The van der Waals surface area contributed by atoms with Gasteiger partial charge in [-0.3, -0.25) is 0 Å². The minimum Gasteiger partial charge on any atom is -0.493 e. The monoisotopic (exact) mass is 273 g/mol. The van der Waals surface area contributed by atoms with Crippen molar-refractivity contribution < 1.29 is 9.47 Å². The van der Waals surface area contributed by atoms with E-state index in [9.17, 15) is 0 Å². The van der Waals surface area contributed by atoms with Crippen LogP contribution in [0.3, 0.4) is 0 Å². The molecule has 106 valence electrons. The maximum atomic E-state index is 5.92. The number of nitrogens with one attached hydrogen (secondary N) is 1. The Morgan fingerprint density at radius 3 is 2.40 bits per heavy atom. The molecule has 1 heterocycles. The largest absolute Gasteiger partial charge is 0.493 e. The summed E-state index contributed by atoms with van der Waals surface area (Å²) in [6.45, 7) is 4.16. The number of methoxy groups -OCH3 is 1. The number of nitrogens with zero attached hydrogens (tertiary/aromatic N) is 2. The van der Waals surface area contributed by atoms with Gasteiger partial charge < -0.3 is 14.8 Å². The molecule has 0 fully saturated rings. The van der Waals surface area contributed by atoms with E-state index in [0.29, 0.717) is 17.4 Å². The lowest BCUT2D eigenvalue weighted by Crippen LogP contribution is -2.05. The Labute approximate surface area is 119 Å². The molecule has 0 aliphatic carbocycles. The van der Waals surface area contributed by atoms with Crippen molar-refractivity contribution in [1.29, 1.82) is 0 Å². The van der Waals surface area contributed by atoms with Gasteiger partial charge in [0.15, 0.2) is 11.5 Å². The van der Waals surface area contributed by atoms with E-state index in [1.807, 2.05) is 31.3 Å². The zero-order valence-corrected chi connectivity index (χ0v) is 12.2. The third-order valence-corrected chi connectivity index (χ3v) is 2.94. The Hall–Kier alpha value is -2.30. The highest BCUT2D eigenvalue weighted by molar-refractivity contribution is 5.52. The van der Waals surface area contributed by atoms with Gasteiger partial charge in [-0.25, -0.2) is 9.97 Å². The van der Waals surface area contributed by atoms with Crippen LogP contribution in [0.25, 0.3) is 0 Å². The summed E-state index contributed by atoms with van der Waals surface area (Å²) in [6, 6.07) is 7.50. The number of benzene rings is 1. The standard InChI is InChI=1S/C15H19N3O2/c1-10(2)13-14(16-3)17-9-18-15(13)20-12-8-6-5-7-11(12)19-4/h5-10H,1-4H3,(H,16,17,18). The molecule has 0 atom stereocenters. The van der Waals surface area contributed by atoms with Crippen molar-refractivity contribution in [3.05, 3.63) is 36.2 Å². The van der Waals surface area contributed by atoms with Crippen LogP contribution >= 0.6 is 0 Å². The van der Waals surface area contributed by atoms with Gasteiger partial charge in [0.2, 0.25) is 5.88 Å². The number of anilines is 1. The van der Waals surface area contributed by atoms with Gasteiger partial charge in [0.25, 0.3) is 0 Å². The Morgan fingerprint density at radius 1 is 1.10 bits per heavy atom. The van der Waals surface area contributed by atoms with Gasteiger partial charge in [-0.1, -0.05) is 26.0 Å². The Morgan fingerprint density at radius 2 is 1.80 bits per heavy atom. The summed E-state index contributed by atoms with van der Waals surface area (Å²) in [4.78, 5) is 8.48. The van der Waals surface area contributed by atoms with E-state index in [1.165, 1.54) is 6.33 Å². The second-order valence-electron chi connectivity index (χ2n) is 4.60. The molecule has 1 N–H and O–H groups in total. The molecule has 0 aliphatic heterocycles. The number of para-hydroxylation sites is 2. The molecule has 1 aromatic carbocycles. The van der Waals surface area contributed by atoms with Crippen molar-refractivity contribution in [2.45, 2.75) is 19.8 Å². The lowest BCUT2D eigenvalue weighted by atomic mass is 10.1. The van der Waals surface area contributed by atoms with Crippen molar-refractivity contribution in [2.24, 2.45) is 0 Å². The highest BCUT2D eigenvalue weighted by Gasteiger charge is 2.17. The highest BCUT2D eigenvalue weighted by atomic mass is 16.5. The molecule has 0 amide bonds. The molecule has 0 radical (unpaired) electrons. The van der Waals surface area contributed by atoms with Gasteiger partial charge in [0.1, 0.15) is 12.1 Å². The second-order valence-corrected chi connectivity index (χ2v) is 4.60. The molecule has 0 unspecified atom stereocenters. The summed E-state index contributed by atoms with van der Waals surface area (Å²) in [5.74, 6) is 2.87. The molecule has 0 saturated heterocycles. The van der Waals surface area contributed by atoms with Gasteiger partial charge in [0, 0.05) is 7.05 Å². The fourth-order valence-electron chi connectivity index (χ4n) is 1.99. The van der Waals surface area contributed by atoms with Crippen molar-refractivity contribution in [2.75, 3.05) is 19.5 Å². The van der Waals surface area contributed by atoms with E-state index in [0.717, 1.165) is 11.4 Å². The normalized spacial score (nSPS) is 10.4. The summed E-state index contributed by atoms with van der Waals surface area (Å²) in [6.07, 6.45) is 1.49. The molecule has 20 heavy (non-hydrogen) atoms. The summed E-state index contributed by atoms with van der Waals surface area (Å²) in [5.41, 5.74) is 0.945. The van der Waals surface area contributed by atoms with E-state index in [1.54, 1.807) is 7.11 Å². The molecule has 5 nitrogen and oxygen atoms in total. The van der Waals surface area contributed by atoms with Crippen molar-refractivity contribution >= 4 is 5.82 Å². The van der Waals surface area contributed by atoms with Crippen molar-refractivity contribution in [3.63, 3.8) is 0 Å². The van der Waals surface area contributed by atoms with E-state index >= 15 is 0 Å². The van der Waals surface area contributed by atoms with E-state index < -0.39 is 0 Å². The predicted octanol–water partition coefficient (Wildman–Crippen LogP) is 3.44. The van der Waals surface area contributed by atoms with Gasteiger partial charge in [-0.15, -0.1) is 0 Å². The number of ether oxygens (including phenoxy) is 2. The van der Waals surface area contributed by atoms with Gasteiger partial charge in [0.05, 0.1) is 12.7 Å². The van der Waals surface area contributed by atoms with Crippen LogP contribution in [0.5, 0.6) is 17.4 Å². The first-order chi connectivity index (χ1) is 9.67. The fraction of sp³-hybridized carbons (Fsp3) is 0.333. The lowest BCUT2D eigenvalue weighted by molar-refractivity contribution is 0.371. The fourth-order valence-corrected chi connectivity index (χ4v) is 1.99. The van der Waals surface area contributed by atoms with Crippen LogP contribution in [0.1, 0.15) is 25.3 Å². The molecular weight excluding hydrogens is 254 g/mol. The quantitative estimate of drug-likeness (QED) is 0.904. The van der Waals surface area contributed by atoms with E-state index in [2.05, 4.69) is 29.1 Å². The Kier molecular flexibility index (Phi) is 4.40. The maximum absolute atomic E-state index is 5.92. The molecular formula is C15H19N3O2. The van der Waals surface area contributed by atoms with Gasteiger partial charge in [-0.2, -0.15) is 0 Å². The molecule has 5 heteroatoms. The zero-order valence-electron chi connectivity index (χ0n) is 12.2. The number of hydrogen-bond donors (Lipinski definition) is 1. The topological polar surface area (TPSA) is 56.3 Å². The van der Waals surface area contributed by atoms with Gasteiger partial charge >= 0.3 is 0 Å².